The second-order valence-corrected chi connectivity index (χ2v) is 6.32. The number of nitrogens with one attached hydrogen (secondary N) is 2. The van der Waals surface area contributed by atoms with Crippen molar-refractivity contribution in [2.75, 3.05) is 5.32 Å². The van der Waals surface area contributed by atoms with Gasteiger partial charge >= 0.3 is 0 Å². The van der Waals surface area contributed by atoms with Gasteiger partial charge in [0.15, 0.2) is 5.82 Å². The molecule has 0 bridgehead atoms. The van der Waals surface area contributed by atoms with E-state index in [2.05, 4.69) is 53.9 Å². The van der Waals surface area contributed by atoms with Gasteiger partial charge in [-0.1, -0.05) is 12.1 Å². The molecule has 2 heterocycles. The summed E-state index contributed by atoms with van der Waals surface area (Å²) in [6.07, 6.45) is 0. The average molecular weight is 349 g/mol. The highest BCUT2D eigenvalue weighted by atomic mass is 79.9. The zero-order chi connectivity index (χ0) is 13.9. The van der Waals surface area contributed by atoms with E-state index in [0.717, 1.165) is 33.9 Å². The Kier molecular flexibility index (Phi) is 3.84. The summed E-state index contributed by atoms with van der Waals surface area (Å²) in [5.41, 5.74) is 2.07. The average Bonchev–Trinajstić information content (AvgIpc) is 3.06. The molecule has 0 aliphatic rings. The SMILES string of the molecule is Cc1nc(-c2cccc(NCc3cc(Br)cs3)c2)n[nH]1. The van der Waals surface area contributed by atoms with E-state index in [-0.39, 0.29) is 0 Å². The topological polar surface area (TPSA) is 53.6 Å². The van der Waals surface area contributed by atoms with Crippen LogP contribution >= 0.6 is 27.3 Å². The van der Waals surface area contributed by atoms with Crippen LogP contribution in [0.25, 0.3) is 11.4 Å². The molecule has 0 aliphatic heterocycles. The molecule has 2 aromatic heterocycles. The number of aromatic amines is 1. The maximum absolute atomic E-state index is 4.35. The predicted octanol–water partition coefficient (Wildman–Crippen LogP) is 4.22. The Hall–Kier alpha value is -1.66. The number of H-pyrrole nitrogens is 1. The van der Waals surface area contributed by atoms with Crippen LogP contribution in [0.15, 0.2) is 40.2 Å². The zero-order valence-electron chi connectivity index (χ0n) is 10.9. The van der Waals surface area contributed by atoms with Gasteiger partial charge in [-0.15, -0.1) is 11.3 Å². The fourth-order valence-corrected chi connectivity index (χ4v) is 3.27. The number of benzene rings is 1. The highest BCUT2D eigenvalue weighted by Crippen LogP contribution is 2.23. The van der Waals surface area contributed by atoms with Crippen molar-refractivity contribution in [1.29, 1.82) is 0 Å². The lowest BCUT2D eigenvalue weighted by Gasteiger charge is -2.05. The number of hydrogen-bond acceptors (Lipinski definition) is 4. The number of thiophene rings is 1. The monoisotopic (exact) mass is 348 g/mol. The van der Waals surface area contributed by atoms with Crippen molar-refractivity contribution < 1.29 is 0 Å². The Bertz CT molecular complexity index is 719. The number of nitrogens with zero attached hydrogens (tertiary/aromatic N) is 2. The van der Waals surface area contributed by atoms with E-state index in [1.54, 1.807) is 11.3 Å². The predicted molar refractivity (Wildman–Crippen MR) is 85.9 cm³/mol. The van der Waals surface area contributed by atoms with Gasteiger partial charge in [0.2, 0.25) is 0 Å². The van der Waals surface area contributed by atoms with E-state index >= 15 is 0 Å². The number of halogens is 1. The van der Waals surface area contributed by atoms with Gasteiger partial charge in [-0.3, -0.25) is 5.10 Å². The van der Waals surface area contributed by atoms with Gasteiger partial charge in [0.05, 0.1) is 0 Å². The molecule has 6 heteroatoms. The van der Waals surface area contributed by atoms with Crippen LogP contribution in [0.5, 0.6) is 0 Å². The highest BCUT2D eigenvalue weighted by molar-refractivity contribution is 9.10. The van der Waals surface area contributed by atoms with Crippen LogP contribution < -0.4 is 5.32 Å². The minimum atomic E-state index is 0.727. The summed E-state index contributed by atoms with van der Waals surface area (Å²) in [5.74, 6) is 1.55. The van der Waals surface area contributed by atoms with Crippen molar-refractivity contribution in [1.82, 2.24) is 15.2 Å². The second-order valence-electron chi connectivity index (χ2n) is 4.41. The molecule has 4 nitrogen and oxygen atoms in total. The fourth-order valence-electron chi connectivity index (χ4n) is 1.88. The summed E-state index contributed by atoms with van der Waals surface area (Å²) in [6.45, 7) is 2.71. The molecule has 0 radical (unpaired) electrons. The number of hydrogen-bond donors (Lipinski definition) is 2. The van der Waals surface area contributed by atoms with Gasteiger partial charge in [-0.05, 0) is 41.1 Å². The Labute approximate surface area is 129 Å². The summed E-state index contributed by atoms with van der Waals surface area (Å²) in [5, 5.41) is 12.5. The molecule has 3 aromatic rings. The third kappa shape index (κ3) is 3.08. The molecule has 0 saturated heterocycles. The fraction of sp³-hybridized carbons (Fsp3) is 0.143. The van der Waals surface area contributed by atoms with E-state index in [1.807, 2.05) is 25.1 Å². The molecular formula is C14H13BrN4S. The molecule has 0 saturated carbocycles. The maximum atomic E-state index is 4.35. The van der Waals surface area contributed by atoms with Crippen LogP contribution in [0.4, 0.5) is 5.69 Å². The molecule has 1 aromatic carbocycles. The molecule has 0 aliphatic carbocycles. The number of aromatic nitrogens is 3. The molecule has 0 fully saturated rings. The molecule has 3 rings (SSSR count). The van der Waals surface area contributed by atoms with Gasteiger partial charge < -0.3 is 5.32 Å². The molecule has 0 spiro atoms. The van der Waals surface area contributed by atoms with Gasteiger partial charge in [0, 0.05) is 32.5 Å². The van der Waals surface area contributed by atoms with Crippen LogP contribution in [-0.4, -0.2) is 15.2 Å². The minimum absolute atomic E-state index is 0.727. The zero-order valence-corrected chi connectivity index (χ0v) is 13.3. The summed E-state index contributed by atoms with van der Waals surface area (Å²) in [4.78, 5) is 5.63. The molecule has 2 N–H and O–H groups in total. The van der Waals surface area contributed by atoms with Crippen LogP contribution in [0.3, 0.4) is 0 Å². The van der Waals surface area contributed by atoms with Crippen LogP contribution in [0.1, 0.15) is 10.7 Å². The lowest BCUT2D eigenvalue weighted by Crippen LogP contribution is -1.97. The lowest BCUT2D eigenvalue weighted by molar-refractivity contribution is 1.04. The molecule has 20 heavy (non-hydrogen) atoms. The summed E-state index contributed by atoms with van der Waals surface area (Å²) in [7, 11) is 0. The van der Waals surface area contributed by atoms with E-state index in [0.29, 0.717) is 0 Å². The first-order valence-corrected chi connectivity index (χ1v) is 7.84. The number of anilines is 1. The standard InChI is InChI=1S/C14H13BrN4S/c1-9-17-14(19-18-9)10-3-2-4-12(5-10)16-7-13-6-11(15)8-20-13/h2-6,8,16H,7H2,1H3,(H,17,18,19). The maximum Gasteiger partial charge on any atom is 0.181 e. The minimum Gasteiger partial charge on any atom is -0.380 e. The molecule has 102 valence electrons. The third-order valence-electron chi connectivity index (χ3n) is 2.81. The molecule has 0 amide bonds. The lowest BCUT2D eigenvalue weighted by atomic mass is 10.2. The van der Waals surface area contributed by atoms with Crippen molar-refractivity contribution >= 4 is 33.0 Å². The number of aryl methyl sites for hydroxylation is 1. The van der Waals surface area contributed by atoms with Gasteiger partial charge in [-0.2, -0.15) is 5.10 Å². The quantitative estimate of drug-likeness (QED) is 0.742. The normalized spacial score (nSPS) is 10.7. The first-order chi connectivity index (χ1) is 9.70. The molecule has 0 unspecified atom stereocenters. The van der Waals surface area contributed by atoms with Gasteiger partial charge in [0.25, 0.3) is 0 Å². The van der Waals surface area contributed by atoms with E-state index in [4.69, 9.17) is 0 Å². The van der Waals surface area contributed by atoms with Crippen molar-refractivity contribution in [3.05, 3.63) is 50.9 Å². The Morgan fingerprint density at radius 3 is 2.95 bits per heavy atom. The highest BCUT2D eigenvalue weighted by Gasteiger charge is 2.04. The van der Waals surface area contributed by atoms with Crippen LogP contribution in [0.2, 0.25) is 0 Å². The molecular weight excluding hydrogens is 336 g/mol. The summed E-state index contributed by atoms with van der Waals surface area (Å²) in [6, 6.07) is 10.3. The number of rotatable bonds is 4. The Balaban J connectivity index is 1.74. The van der Waals surface area contributed by atoms with Gasteiger partial charge in [0.1, 0.15) is 5.82 Å². The van der Waals surface area contributed by atoms with E-state index in [9.17, 15) is 0 Å². The van der Waals surface area contributed by atoms with Crippen molar-refractivity contribution in [2.24, 2.45) is 0 Å². The van der Waals surface area contributed by atoms with Crippen molar-refractivity contribution in [3.63, 3.8) is 0 Å². The second kappa shape index (κ2) is 5.76. The third-order valence-corrected chi connectivity index (χ3v) is 4.50. The first kappa shape index (κ1) is 13.3. The largest absolute Gasteiger partial charge is 0.380 e. The smallest absolute Gasteiger partial charge is 0.181 e. The van der Waals surface area contributed by atoms with Crippen LogP contribution in [0, 0.1) is 6.92 Å². The van der Waals surface area contributed by atoms with Crippen molar-refractivity contribution in [3.8, 4) is 11.4 Å². The van der Waals surface area contributed by atoms with Gasteiger partial charge in [-0.25, -0.2) is 4.98 Å². The Morgan fingerprint density at radius 2 is 2.25 bits per heavy atom. The van der Waals surface area contributed by atoms with E-state index < -0.39 is 0 Å². The van der Waals surface area contributed by atoms with Crippen molar-refractivity contribution in [2.45, 2.75) is 13.5 Å². The first-order valence-electron chi connectivity index (χ1n) is 6.17. The van der Waals surface area contributed by atoms with E-state index in [1.165, 1.54) is 4.88 Å². The van der Waals surface area contributed by atoms with Crippen LogP contribution in [-0.2, 0) is 6.54 Å². The summed E-state index contributed by atoms with van der Waals surface area (Å²) < 4.78 is 1.13. The Morgan fingerprint density at radius 1 is 1.35 bits per heavy atom. The molecule has 0 atom stereocenters. The summed E-state index contributed by atoms with van der Waals surface area (Å²) >= 11 is 5.20.